The molecule has 3 rings (SSSR count). The summed E-state index contributed by atoms with van der Waals surface area (Å²) in [5.74, 6) is 0. The number of hydrogen-bond donors (Lipinski definition) is 1. The zero-order valence-electron chi connectivity index (χ0n) is 7.79. The Hall–Kier alpha value is -0.820. The van der Waals surface area contributed by atoms with Gasteiger partial charge in [0.1, 0.15) is 0 Å². The first-order valence-corrected chi connectivity index (χ1v) is 5.18. The monoisotopic (exact) mass is 173 g/mol. The molecule has 0 aromatic heterocycles. The Bertz CT molecular complexity index is 296. The summed E-state index contributed by atoms with van der Waals surface area (Å²) < 4.78 is 0. The predicted octanol–water partition coefficient (Wildman–Crippen LogP) is 2.08. The fourth-order valence-electron chi connectivity index (χ4n) is 2.96. The summed E-state index contributed by atoms with van der Waals surface area (Å²) in [4.78, 5) is 0. The summed E-state index contributed by atoms with van der Waals surface area (Å²) in [6.07, 6.45) is 4.11. The molecule has 1 aliphatic heterocycles. The van der Waals surface area contributed by atoms with E-state index in [1.54, 1.807) is 5.56 Å². The van der Waals surface area contributed by atoms with Crippen molar-refractivity contribution in [1.82, 2.24) is 5.32 Å². The number of fused-ring (bicyclic) bond motifs is 2. The average molecular weight is 173 g/mol. The molecule has 1 aromatic carbocycles. The Labute approximate surface area is 79.2 Å². The van der Waals surface area contributed by atoms with Crippen molar-refractivity contribution in [2.24, 2.45) is 0 Å². The average Bonchev–Trinajstić information content (AvgIpc) is 2.80. The van der Waals surface area contributed by atoms with Crippen LogP contribution in [0.3, 0.4) is 0 Å². The first-order valence-electron chi connectivity index (χ1n) is 5.18. The third-order valence-corrected chi connectivity index (χ3v) is 3.72. The third kappa shape index (κ3) is 1.03. The van der Waals surface area contributed by atoms with Crippen LogP contribution in [0.5, 0.6) is 0 Å². The SMILES string of the molecule is c1ccc(C23CCC(C2)NC3)cc1. The second-order valence-corrected chi connectivity index (χ2v) is 4.47. The molecule has 2 fully saturated rings. The van der Waals surface area contributed by atoms with Crippen molar-refractivity contribution in [2.75, 3.05) is 6.54 Å². The maximum absolute atomic E-state index is 3.60. The molecule has 1 aliphatic carbocycles. The van der Waals surface area contributed by atoms with Crippen molar-refractivity contribution in [3.63, 3.8) is 0 Å². The second-order valence-electron chi connectivity index (χ2n) is 4.47. The van der Waals surface area contributed by atoms with E-state index in [-0.39, 0.29) is 0 Å². The van der Waals surface area contributed by atoms with Gasteiger partial charge < -0.3 is 5.32 Å². The van der Waals surface area contributed by atoms with E-state index in [2.05, 4.69) is 35.6 Å². The first kappa shape index (κ1) is 7.57. The quantitative estimate of drug-likeness (QED) is 0.685. The molecular formula is C12H15N. The van der Waals surface area contributed by atoms with Crippen molar-refractivity contribution in [1.29, 1.82) is 0 Å². The first-order chi connectivity index (χ1) is 6.39. The van der Waals surface area contributed by atoms with Gasteiger partial charge in [-0.25, -0.2) is 0 Å². The van der Waals surface area contributed by atoms with Crippen LogP contribution >= 0.6 is 0 Å². The van der Waals surface area contributed by atoms with Crippen LogP contribution in [0.25, 0.3) is 0 Å². The summed E-state index contributed by atoms with van der Waals surface area (Å²) in [6, 6.07) is 11.8. The highest BCUT2D eigenvalue weighted by Gasteiger charge is 2.45. The van der Waals surface area contributed by atoms with Gasteiger partial charge in [-0.1, -0.05) is 30.3 Å². The minimum atomic E-state index is 0.492. The van der Waals surface area contributed by atoms with Gasteiger partial charge in [0.25, 0.3) is 0 Å². The van der Waals surface area contributed by atoms with E-state index in [1.165, 1.54) is 25.8 Å². The third-order valence-electron chi connectivity index (χ3n) is 3.72. The van der Waals surface area contributed by atoms with Gasteiger partial charge in [-0.3, -0.25) is 0 Å². The molecule has 0 spiro atoms. The number of rotatable bonds is 1. The van der Waals surface area contributed by atoms with Crippen LogP contribution in [0.4, 0.5) is 0 Å². The Morgan fingerprint density at radius 2 is 2.08 bits per heavy atom. The number of benzene rings is 1. The maximum Gasteiger partial charge on any atom is 0.00932 e. The fourth-order valence-corrected chi connectivity index (χ4v) is 2.96. The normalized spacial score (nSPS) is 36.8. The minimum absolute atomic E-state index is 0.492. The summed E-state index contributed by atoms with van der Waals surface area (Å²) in [6.45, 7) is 1.20. The van der Waals surface area contributed by atoms with Gasteiger partial charge in [0.05, 0.1) is 0 Å². The topological polar surface area (TPSA) is 12.0 Å². The fraction of sp³-hybridized carbons (Fsp3) is 0.500. The Balaban J connectivity index is 2.00. The Morgan fingerprint density at radius 1 is 1.23 bits per heavy atom. The van der Waals surface area contributed by atoms with Crippen molar-refractivity contribution in [3.05, 3.63) is 35.9 Å². The van der Waals surface area contributed by atoms with Crippen LogP contribution in [0, 0.1) is 0 Å². The van der Waals surface area contributed by atoms with Crippen LogP contribution in [-0.2, 0) is 5.41 Å². The van der Waals surface area contributed by atoms with Gasteiger partial charge in [0.2, 0.25) is 0 Å². The summed E-state index contributed by atoms with van der Waals surface area (Å²) in [5.41, 5.74) is 2.04. The zero-order chi connectivity index (χ0) is 8.73. The zero-order valence-corrected chi connectivity index (χ0v) is 7.79. The summed E-state index contributed by atoms with van der Waals surface area (Å²) >= 11 is 0. The van der Waals surface area contributed by atoms with E-state index >= 15 is 0 Å². The van der Waals surface area contributed by atoms with Gasteiger partial charge in [-0.05, 0) is 24.8 Å². The highest BCUT2D eigenvalue weighted by molar-refractivity contribution is 5.30. The molecule has 68 valence electrons. The van der Waals surface area contributed by atoms with Crippen molar-refractivity contribution >= 4 is 0 Å². The highest BCUT2D eigenvalue weighted by Crippen LogP contribution is 2.44. The van der Waals surface area contributed by atoms with Crippen LogP contribution in [0.15, 0.2) is 30.3 Å². The highest BCUT2D eigenvalue weighted by atomic mass is 15.0. The molecule has 1 aromatic rings. The van der Waals surface area contributed by atoms with Crippen LogP contribution < -0.4 is 5.32 Å². The summed E-state index contributed by atoms with van der Waals surface area (Å²) in [7, 11) is 0. The summed E-state index contributed by atoms with van der Waals surface area (Å²) in [5, 5.41) is 3.60. The largest absolute Gasteiger partial charge is 0.313 e. The lowest BCUT2D eigenvalue weighted by molar-refractivity contribution is 0.439. The minimum Gasteiger partial charge on any atom is -0.313 e. The van der Waals surface area contributed by atoms with E-state index in [0.717, 1.165) is 6.04 Å². The molecule has 2 bridgehead atoms. The van der Waals surface area contributed by atoms with Gasteiger partial charge in [0, 0.05) is 18.0 Å². The molecule has 1 saturated heterocycles. The molecule has 1 N–H and O–H groups in total. The molecule has 0 amide bonds. The van der Waals surface area contributed by atoms with E-state index in [4.69, 9.17) is 0 Å². The molecule has 1 heterocycles. The van der Waals surface area contributed by atoms with Gasteiger partial charge >= 0.3 is 0 Å². The molecule has 1 saturated carbocycles. The molecule has 1 nitrogen and oxygen atoms in total. The van der Waals surface area contributed by atoms with Crippen LogP contribution in [-0.4, -0.2) is 12.6 Å². The lowest BCUT2D eigenvalue weighted by Crippen LogP contribution is -2.32. The van der Waals surface area contributed by atoms with Crippen LogP contribution in [0.1, 0.15) is 24.8 Å². The predicted molar refractivity (Wildman–Crippen MR) is 53.8 cm³/mol. The van der Waals surface area contributed by atoms with Gasteiger partial charge in [0.15, 0.2) is 0 Å². The number of piperidine rings is 1. The Kier molecular flexibility index (Phi) is 1.50. The molecule has 2 aliphatic rings. The van der Waals surface area contributed by atoms with Gasteiger partial charge in [-0.15, -0.1) is 0 Å². The smallest absolute Gasteiger partial charge is 0.00932 e. The van der Waals surface area contributed by atoms with Crippen molar-refractivity contribution in [3.8, 4) is 0 Å². The number of hydrogen-bond acceptors (Lipinski definition) is 1. The lowest BCUT2D eigenvalue weighted by Gasteiger charge is -2.26. The van der Waals surface area contributed by atoms with Crippen LogP contribution in [0.2, 0.25) is 0 Å². The van der Waals surface area contributed by atoms with Crippen molar-refractivity contribution in [2.45, 2.75) is 30.7 Å². The molecular weight excluding hydrogens is 158 g/mol. The van der Waals surface area contributed by atoms with E-state index in [9.17, 15) is 0 Å². The molecule has 13 heavy (non-hydrogen) atoms. The number of nitrogens with one attached hydrogen (secondary N) is 1. The van der Waals surface area contributed by atoms with E-state index < -0.39 is 0 Å². The maximum atomic E-state index is 3.60. The molecule has 2 atom stereocenters. The van der Waals surface area contributed by atoms with E-state index in [1.807, 2.05) is 0 Å². The second kappa shape index (κ2) is 2.58. The standard InChI is InChI=1S/C12H15N/c1-2-4-10(5-3-1)12-7-6-11(8-12)13-9-12/h1-5,11,13H,6-9H2. The molecule has 1 heteroatoms. The van der Waals surface area contributed by atoms with Gasteiger partial charge in [-0.2, -0.15) is 0 Å². The van der Waals surface area contributed by atoms with Crippen molar-refractivity contribution < 1.29 is 0 Å². The molecule has 0 radical (unpaired) electrons. The molecule has 2 unspecified atom stereocenters. The Morgan fingerprint density at radius 3 is 2.62 bits per heavy atom. The van der Waals surface area contributed by atoms with E-state index in [0.29, 0.717) is 5.41 Å². The lowest BCUT2D eigenvalue weighted by atomic mass is 9.80.